The Hall–Kier alpha value is -4.20. The van der Waals surface area contributed by atoms with Crippen LogP contribution in [0.4, 0.5) is 5.69 Å². The molecule has 8 nitrogen and oxygen atoms in total. The molecule has 0 fully saturated rings. The van der Waals surface area contributed by atoms with Gasteiger partial charge in [-0.05, 0) is 24.3 Å². The van der Waals surface area contributed by atoms with Crippen molar-refractivity contribution in [3.63, 3.8) is 0 Å². The van der Waals surface area contributed by atoms with Crippen LogP contribution >= 0.6 is 0 Å². The number of benzene rings is 2. The normalized spacial score (nSPS) is 10.7. The van der Waals surface area contributed by atoms with Crippen molar-refractivity contribution in [3.05, 3.63) is 83.0 Å². The van der Waals surface area contributed by atoms with Gasteiger partial charge in [0.2, 0.25) is 0 Å². The van der Waals surface area contributed by atoms with Crippen LogP contribution in [0.2, 0.25) is 0 Å². The Bertz CT molecular complexity index is 1150. The maximum atomic E-state index is 10.9. The first-order chi connectivity index (χ1) is 13.5. The molecule has 4 aromatic rings. The minimum Gasteiger partial charge on any atom is -0.504 e. The van der Waals surface area contributed by atoms with E-state index in [1.165, 1.54) is 22.9 Å². The minimum absolute atomic E-state index is 0.138. The number of phenols is 2. The van der Waals surface area contributed by atoms with Gasteiger partial charge in [0.1, 0.15) is 6.20 Å². The summed E-state index contributed by atoms with van der Waals surface area (Å²) in [6.07, 6.45) is 1.14. The van der Waals surface area contributed by atoms with Gasteiger partial charge in [0, 0.05) is 17.2 Å². The highest BCUT2D eigenvalue weighted by Crippen LogP contribution is 2.38. The standard InChI is InChI=1S/C20H14N4O4/c25-18-8-4-7-15(20(18)26)17-11-16(13-5-2-1-3-6-13)22-23(17)19-10-9-14(12-21-19)24(27)28/h1-12,25-26H. The fraction of sp³-hybridized carbons (Fsp3) is 0. The van der Waals surface area contributed by atoms with Gasteiger partial charge in [-0.1, -0.05) is 36.4 Å². The second-order valence-corrected chi connectivity index (χ2v) is 6.00. The Labute approximate surface area is 159 Å². The lowest BCUT2D eigenvalue weighted by Gasteiger charge is -2.09. The van der Waals surface area contributed by atoms with E-state index in [9.17, 15) is 20.3 Å². The molecular formula is C20H14N4O4. The number of aromatic hydroxyl groups is 2. The van der Waals surface area contributed by atoms with E-state index >= 15 is 0 Å². The van der Waals surface area contributed by atoms with Crippen molar-refractivity contribution in [3.8, 4) is 39.8 Å². The number of pyridine rings is 1. The van der Waals surface area contributed by atoms with Crippen LogP contribution < -0.4 is 0 Å². The Morgan fingerprint density at radius 2 is 1.75 bits per heavy atom. The first-order valence-electron chi connectivity index (χ1n) is 8.32. The molecule has 2 aromatic carbocycles. The Kier molecular flexibility index (Phi) is 4.21. The predicted molar refractivity (Wildman–Crippen MR) is 102 cm³/mol. The zero-order valence-corrected chi connectivity index (χ0v) is 14.4. The summed E-state index contributed by atoms with van der Waals surface area (Å²) in [5.41, 5.74) is 2.17. The SMILES string of the molecule is O=[N+]([O-])c1ccc(-n2nc(-c3ccccc3)cc2-c2cccc(O)c2O)nc1. The summed E-state index contributed by atoms with van der Waals surface area (Å²) < 4.78 is 1.47. The fourth-order valence-corrected chi connectivity index (χ4v) is 2.85. The van der Waals surface area contributed by atoms with E-state index in [4.69, 9.17) is 0 Å². The highest BCUT2D eigenvalue weighted by molar-refractivity contribution is 5.75. The molecule has 2 N–H and O–H groups in total. The van der Waals surface area contributed by atoms with Crippen molar-refractivity contribution in [2.75, 3.05) is 0 Å². The summed E-state index contributed by atoms with van der Waals surface area (Å²) in [5.74, 6) is -0.209. The van der Waals surface area contributed by atoms with Gasteiger partial charge in [-0.2, -0.15) is 5.10 Å². The van der Waals surface area contributed by atoms with Crippen LogP contribution in [-0.4, -0.2) is 29.9 Å². The number of nitrogens with zero attached hydrogens (tertiary/aromatic N) is 4. The van der Waals surface area contributed by atoms with Crippen LogP contribution in [0, 0.1) is 10.1 Å². The third kappa shape index (κ3) is 3.03. The third-order valence-electron chi connectivity index (χ3n) is 4.23. The smallest absolute Gasteiger partial charge is 0.287 e. The lowest BCUT2D eigenvalue weighted by Crippen LogP contribution is -2.02. The molecule has 0 amide bonds. The van der Waals surface area contributed by atoms with Crippen molar-refractivity contribution in [2.24, 2.45) is 0 Å². The number of nitro groups is 1. The van der Waals surface area contributed by atoms with E-state index in [1.54, 1.807) is 18.2 Å². The summed E-state index contributed by atoms with van der Waals surface area (Å²) in [7, 11) is 0. The highest BCUT2D eigenvalue weighted by atomic mass is 16.6. The largest absolute Gasteiger partial charge is 0.504 e. The van der Waals surface area contributed by atoms with Gasteiger partial charge in [0.05, 0.1) is 16.3 Å². The molecule has 0 spiro atoms. The summed E-state index contributed by atoms with van der Waals surface area (Å²) >= 11 is 0. The van der Waals surface area contributed by atoms with E-state index in [0.717, 1.165) is 11.8 Å². The number of hydrogen-bond donors (Lipinski definition) is 2. The van der Waals surface area contributed by atoms with Gasteiger partial charge in [-0.25, -0.2) is 9.67 Å². The summed E-state index contributed by atoms with van der Waals surface area (Å²) in [4.78, 5) is 14.5. The zero-order valence-electron chi connectivity index (χ0n) is 14.4. The number of phenolic OH excluding ortho intramolecular Hbond substituents is 2. The first kappa shape index (κ1) is 17.2. The van der Waals surface area contributed by atoms with Crippen molar-refractivity contribution in [1.82, 2.24) is 14.8 Å². The summed E-state index contributed by atoms with van der Waals surface area (Å²) in [5, 5.41) is 35.6. The van der Waals surface area contributed by atoms with E-state index in [2.05, 4.69) is 10.1 Å². The molecule has 0 unspecified atom stereocenters. The molecule has 0 saturated carbocycles. The Balaban J connectivity index is 1.92. The van der Waals surface area contributed by atoms with Gasteiger partial charge in [0.15, 0.2) is 17.3 Å². The summed E-state index contributed by atoms with van der Waals surface area (Å²) in [6, 6.07) is 18.6. The second kappa shape index (κ2) is 6.84. The number of para-hydroxylation sites is 1. The topological polar surface area (TPSA) is 114 Å². The molecular weight excluding hydrogens is 360 g/mol. The van der Waals surface area contributed by atoms with Gasteiger partial charge in [0.25, 0.3) is 5.69 Å². The maximum absolute atomic E-state index is 10.9. The molecule has 0 atom stereocenters. The van der Waals surface area contributed by atoms with Crippen LogP contribution in [0.3, 0.4) is 0 Å². The molecule has 0 aliphatic rings. The Morgan fingerprint density at radius 1 is 0.964 bits per heavy atom. The maximum Gasteiger partial charge on any atom is 0.287 e. The molecule has 0 aliphatic carbocycles. The van der Waals surface area contributed by atoms with Gasteiger partial charge < -0.3 is 10.2 Å². The Morgan fingerprint density at radius 3 is 2.43 bits per heavy atom. The third-order valence-corrected chi connectivity index (χ3v) is 4.23. The quantitative estimate of drug-likeness (QED) is 0.318. The molecule has 138 valence electrons. The van der Waals surface area contributed by atoms with E-state index < -0.39 is 4.92 Å². The molecule has 2 aromatic heterocycles. The molecule has 28 heavy (non-hydrogen) atoms. The van der Waals surface area contributed by atoms with Crippen molar-refractivity contribution in [2.45, 2.75) is 0 Å². The van der Waals surface area contributed by atoms with E-state index in [0.29, 0.717) is 22.8 Å². The molecule has 0 bridgehead atoms. The van der Waals surface area contributed by atoms with Crippen molar-refractivity contribution < 1.29 is 15.1 Å². The van der Waals surface area contributed by atoms with E-state index in [-0.39, 0.29) is 17.2 Å². The summed E-state index contributed by atoms with van der Waals surface area (Å²) in [6.45, 7) is 0. The number of rotatable bonds is 4. The van der Waals surface area contributed by atoms with Crippen LogP contribution in [0.15, 0.2) is 72.9 Å². The molecule has 2 heterocycles. The first-order valence-corrected chi connectivity index (χ1v) is 8.32. The minimum atomic E-state index is -0.531. The number of aromatic nitrogens is 3. The molecule has 0 aliphatic heterocycles. The van der Waals surface area contributed by atoms with Gasteiger partial charge in [-0.3, -0.25) is 10.1 Å². The van der Waals surface area contributed by atoms with Crippen molar-refractivity contribution in [1.29, 1.82) is 0 Å². The van der Waals surface area contributed by atoms with Crippen LogP contribution in [0.25, 0.3) is 28.3 Å². The predicted octanol–water partition coefficient (Wildman–Crippen LogP) is 3.92. The molecule has 4 rings (SSSR count). The van der Waals surface area contributed by atoms with Gasteiger partial charge >= 0.3 is 0 Å². The van der Waals surface area contributed by atoms with Gasteiger partial charge in [-0.15, -0.1) is 0 Å². The zero-order chi connectivity index (χ0) is 19.7. The number of hydrogen-bond acceptors (Lipinski definition) is 6. The van der Waals surface area contributed by atoms with Crippen molar-refractivity contribution >= 4 is 5.69 Å². The lowest BCUT2D eigenvalue weighted by atomic mass is 10.1. The lowest BCUT2D eigenvalue weighted by molar-refractivity contribution is -0.385. The molecule has 8 heteroatoms. The highest BCUT2D eigenvalue weighted by Gasteiger charge is 2.18. The fourth-order valence-electron chi connectivity index (χ4n) is 2.85. The molecule has 0 radical (unpaired) electrons. The second-order valence-electron chi connectivity index (χ2n) is 6.00. The van der Waals surface area contributed by atoms with Crippen LogP contribution in [0.5, 0.6) is 11.5 Å². The molecule has 0 saturated heterocycles. The van der Waals surface area contributed by atoms with E-state index in [1.807, 2.05) is 30.3 Å². The average Bonchev–Trinajstić information content (AvgIpc) is 3.16. The van der Waals surface area contributed by atoms with Crippen LogP contribution in [0.1, 0.15) is 0 Å². The average molecular weight is 374 g/mol. The monoisotopic (exact) mass is 374 g/mol. The van der Waals surface area contributed by atoms with Crippen LogP contribution in [-0.2, 0) is 0 Å².